The number of para-hydroxylation sites is 1. The average Bonchev–Trinajstić information content (AvgIpc) is 2.72. The van der Waals surface area contributed by atoms with Crippen molar-refractivity contribution in [3.05, 3.63) is 41.2 Å². The monoisotopic (exact) mass is 264 g/mol. The number of halogens is 1. The van der Waals surface area contributed by atoms with Crippen LogP contribution in [0.15, 0.2) is 30.6 Å². The van der Waals surface area contributed by atoms with Gasteiger partial charge in [-0.25, -0.2) is 0 Å². The van der Waals surface area contributed by atoms with E-state index < -0.39 is 0 Å². The summed E-state index contributed by atoms with van der Waals surface area (Å²) < 4.78 is 1.79. The SMILES string of the molecule is CN(C)c1c(Cl)cccc1NCc1cnn(C)c1. The minimum absolute atomic E-state index is 0.731. The molecule has 2 rings (SSSR count). The molecule has 0 atom stereocenters. The van der Waals surface area contributed by atoms with Crippen molar-refractivity contribution in [1.82, 2.24) is 9.78 Å². The Morgan fingerprint density at radius 1 is 1.39 bits per heavy atom. The second kappa shape index (κ2) is 5.31. The lowest BCUT2D eigenvalue weighted by Crippen LogP contribution is -2.12. The zero-order valence-electron chi connectivity index (χ0n) is 10.8. The molecule has 0 radical (unpaired) electrons. The summed E-state index contributed by atoms with van der Waals surface area (Å²) in [6, 6.07) is 5.87. The molecule has 4 nitrogen and oxygen atoms in total. The van der Waals surface area contributed by atoms with E-state index in [9.17, 15) is 0 Å². The van der Waals surface area contributed by atoms with Gasteiger partial charge in [-0.15, -0.1) is 0 Å². The van der Waals surface area contributed by atoms with Gasteiger partial charge in [-0.3, -0.25) is 4.68 Å². The van der Waals surface area contributed by atoms with Crippen molar-refractivity contribution in [2.24, 2.45) is 7.05 Å². The van der Waals surface area contributed by atoms with Crippen molar-refractivity contribution in [1.29, 1.82) is 0 Å². The third kappa shape index (κ3) is 2.76. The van der Waals surface area contributed by atoms with E-state index in [1.54, 1.807) is 4.68 Å². The lowest BCUT2D eigenvalue weighted by Gasteiger charge is -2.19. The first kappa shape index (κ1) is 12.8. The molecule has 1 aromatic heterocycles. The van der Waals surface area contributed by atoms with Gasteiger partial charge in [0.05, 0.1) is 22.6 Å². The van der Waals surface area contributed by atoms with Gasteiger partial charge in [-0.1, -0.05) is 17.7 Å². The molecule has 0 saturated heterocycles. The van der Waals surface area contributed by atoms with Crippen molar-refractivity contribution in [3.8, 4) is 0 Å². The summed E-state index contributed by atoms with van der Waals surface area (Å²) in [4.78, 5) is 2.01. The zero-order valence-corrected chi connectivity index (χ0v) is 11.6. The third-order valence-corrected chi connectivity index (χ3v) is 2.98. The fourth-order valence-electron chi connectivity index (χ4n) is 1.87. The van der Waals surface area contributed by atoms with E-state index in [1.165, 1.54) is 0 Å². The number of aromatic nitrogens is 2. The molecule has 0 aliphatic rings. The normalized spacial score (nSPS) is 10.4. The number of hydrogen-bond acceptors (Lipinski definition) is 3. The van der Waals surface area contributed by atoms with Crippen LogP contribution in [0.1, 0.15) is 5.56 Å². The second-order valence-corrected chi connectivity index (χ2v) is 4.81. The molecular formula is C13H17ClN4. The second-order valence-electron chi connectivity index (χ2n) is 4.41. The van der Waals surface area contributed by atoms with E-state index >= 15 is 0 Å². The molecule has 1 heterocycles. The van der Waals surface area contributed by atoms with Crippen LogP contribution in [0.2, 0.25) is 5.02 Å². The molecule has 0 aliphatic carbocycles. The summed E-state index contributed by atoms with van der Waals surface area (Å²) in [6.45, 7) is 0.731. The molecule has 18 heavy (non-hydrogen) atoms. The fourth-order valence-corrected chi connectivity index (χ4v) is 2.22. The number of rotatable bonds is 4. The summed E-state index contributed by atoms with van der Waals surface area (Å²) in [5, 5.41) is 8.28. The Labute approximate surface area is 112 Å². The lowest BCUT2D eigenvalue weighted by molar-refractivity contribution is 0.767. The maximum absolute atomic E-state index is 6.21. The van der Waals surface area contributed by atoms with Crippen molar-refractivity contribution >= 4 is 23.0 Å². The van der Waals surface area contributed by atoms with Gasteiger partial charge in [0, 0.05) is 39.4 Å². The number of hydrogen-bond donors (Lipinski definition) is 1. The molecule has 0 amide bonds. The van der Waals surface area contributed by atoms with Crippen molar-refractivity contribution in [2.45, 2.75) is 6.54 Å². The molecule has 0 bridgehead atoms. The molecule has 96 valence electrons. The van der Waals surface area contributed by atoms with Crippen LogP contribution in [0, 0.1) is 0 Å². The Morgan fingerprint density at radius 2 is 2.17 bits per heavy atom. The molecule has 1 N–H and O–H groups in total. The van der Waals surface area contributed by atoms with E-state index in [2.05, 4.69) is 10.4 Å². The van der Waals surface area contributed by atoms with Crippen molar-refractivity contribution in [2.75, 3.05) is 24.3 Å². The summed E-state index contributed by atoms with van der Waals surface area (Å²) in [5.74, 6) is 0. The summed E-state index contributed by atoms with van der Waals surface area (Å²) in [6.07, 6.45) is 3.85. The van der Waals surface area contributed by atoms with Crippen LogP contribution in [0.25, 0.3) is 0 Å². The zero-order chi connectivity index (χ0) is 13.1. The van der Waals surface area contributed by atoms with Gasteiger partial charge in [0.1, 0.15) is 0 Å². The smallest absolute Gasteiger partial charge is 0.0786 e. The number of nitrogens with zero attached hydrogens (tertiary/aromatic N) is 3. The van der Waals surface area contributed by atoms with E-state index in [4.69, 9.17) is 11.6 Å². The molecule has 0 unspecified atom stereocenters. The first-order valence-electron chi connectivity index (χ1n) is 5.75. The summed E-state index contributed by atoms with van der Waals surface area (Å²) in [5.41, 5.74) is 3.17. The minimum Gasteiger partial charge on any atom is -0.379 e. The van der Waals surface area contributed by atoms with Gasteiger partial charge in [0.15, 0.2) is 0 Å². The fraction of sp³-hybridized carbons (Fsp3) is 0.308. The first-order chi connectivity index (χ1) is 8.58. The minimum atomic E-state index is 0.731. The van der Waals surface area contributed by atoms with Crippen LogP contribution in [-0.2, 0) is 13.6 Å². The largest absolute Gasteiger partial charge is 0.379 e. The Kier molecular flexibility index (Phi) is 3.77. The molecular weight excluding hydrogens is 248 g/mol. The third-order valence-electron chi connectivity index (χ3n) is 2.68. The van der Waals surface area contributed by atoms with Crippen molar-refractivity contribution in [3.63, 3.8) is 0 Å². The summed E-state index contributed by atoms with van der Waals surface area (Å²) in [7, 11) is 5.88. The molecule has 0 aliphatic heterocycles. The lowest BCUT2D eigenvalue weighted by atomic mass is 10.2. The highest BCUT2D eigenvalue weighted by atomic mass is 35.5. The van der Waals surface area contributed by atoms with Crippen LogP contribution in [-0.4, -0.2) is 23.9 Å². The number of nitrogens with one attached hydrogen (secondary N) is 1. The van der Waals surface area contributed by atoms with Gasteiger partial charge >= 0.3 is 0 Å². The predicted octanol–water partition coefficient (Wildman–Crippen LogP) is 2.75. The van der Waals surface area contributed by atoms with Crippen LogP contribution < -0.4 is 10.2 Å². The number of anilines is 2. The van der Waals surface area contributed by atoms with Gasteiger partial charge in [-0.05, 0) is 12.1 Å². The van der Waals surface area contributed by atoms with Gasteiger partial charge in [-0.2, -0.15) is 5.10 Å². The molecule has 1 aromatic carbocycles. The summed E-state index contributed by atoms with van der Waals surface area (Å²) >= 11 is 6.21. The average molecular weight is 265 g/mol. The Hall–Kier alpha value is -1.68. The molecule has 0 fully saturated rings. The number of benzene rings is 1. The van der Waals surface area contributed by atoms with E-state index in [1.807, 2.05) is 56.6 Å². The maximum Gasteiger partial charge on any atom is 0.0786 e. The van der Waals surface area contributed by atoms with Crippen LogP contribution >= 0.6 is 11.6 Å². The van der Waals surface area contributed by atoms with E-state index in [-0.39, 0.29) is 0 Å². The van der Waals surface area contributed by atoms with Crippen LogP contribution in [0.5, 0.6) is 0 Å². The predicted molar refractivity (Wildman–Crippen MR) is 76.3 cm³/mol. The molecule has 0 spiro atoms. The molecule has 2 aromatic rings. The number of aryl methyl sites for hydroxylation is 1. The topological polar surface area (TPSA) is 33.1 Å². The Morgan fingerprint density at radius 3 is 2.78 bits per heavy atom. The van der Waals surface area contributed by atoms with Crippen LogP contribution in [0.3, 0.4) is 0 Å². The Bertz CT molecular complexity index is 534. The van der Waals surface area contributed by atoms with Gasteiger partial charge in [0.25, 0.3) is 0 Å². The highest BCUT2D eigenvalue weighted by Gasteiger charge is 2.08. The van der Waals surface area contributed by atoms with E-state index in [0.29, 0.717) is 0 Å². The molecule has 0 saturated carbocycles. The molecule has 5 heteroatoms. The van der Waals surface area contributed by atoms with Gasteiger partial charge in [0.2, 0.25) is 0 Å². The van der Waals surface area contributed by atoms with Gasteiger partial charge < -0.3 is 10.2 Å². The maximum atomic E-state index is 6.21. The highest BCUT2D eigenvalue weighted by molar-refractivity contribution is 6.34. The van der Waals surface area contributed by atoms with Crippen molar-refractivity contribution < 1.29 is 0 Å². The highest BCUT2D eigenvalue weighted by Crippen LogP contribution is 2.32. The first-order valence-corrected chi connectivity index (χ1v) is 6.13. The van der Waals surface area contributed by atoms with Crippen LogP contribution in [0.4, 0.5) is 11.4 Å². The quantitative estimate of drug-likeness (QED) is 0.922. The standard InChI is InChI=1S/C13H17ClN4/c1-17(2)13-11(14)5-4-6-12(13)15-7-10-8-16-18(3)9-10/h4-6,8-9,15H,7H2,1-3H3. The van der Waals surface area contributed by atoms with E-state index in [0.717, 1.165) is 28.5 Å². The Balaban J connectivity index is 2.16.